The molecule has 0 atom stereocenters. The van der Waals surface area contributed by atoms with Crippen molar-refractivity contribution in [3.63, 3.8) is 0 Å². The van der Waals surface area contributed by atoms with Crippen LogP contribution in [-0.4, -0.2) is 10.2 Å². The van der Waals surface area contributed by atoms with E-state index in [-0.39, 0.29) is 0 Å². The van der Waals surface area contributed by atoms with Gasteiger partial charge in [0.1, 0.15) is 11.5 Å². The Labute approximate surface area is 132 Å². The monoisotopic (exact) mass is 308 g/mol. The molecule has 0 spiro atoms. The summed E-state index contributed by atoms with van der Waals surface area (Å²) in [4.78, 5) is 22.4. The number of aromatic amines is 2. The minimum atomic E-state index is -0.632. The van der Waals surface area contributed by atoms with Gasteiger partial charge in [0.15, 0.2) is 0 Å². The number of nitrogens with one attached hydrogen (secondary N) is 2. The molecule has 5 nitrogen and oxygen atoms in total. The standard InChI is InChI=1S/C18H16N2O3/c21-17-12-14(19-20-18(17)22)10-9-13-5-4-8-16(11-13)23-15-6-2-1-3-7-15/h1-8,11-12H,9-10H2,(H,19,21)(H,20,22). The third kappa shape index (κ3) is 3.97. The minimum absolute atomic E-state index is 0.528. The maximum absolute atomic E-state index is 11.3. The van der Waals surface area contributed by atoms with Crippen LogP contribution in [0.15, 0.2) is 70.3 Å². The van der Waals surface area contributed by atoms with Crippen LogP contribution >= 0.6 is 0 Å². The topological polar surface area (TPSA) is 75.0 Å². The Kier molecular flexibility index (Phi) is 4.38. The quantitative estimate of drug-likeness (QED) is 0.712. The Hall–Kier alpha value is -3.08. The lowest BCUT2D eigenvalue weighted by Gasteiger charge is -2.07. The first-order chi connectivity index (χ1) is 11.2. The number of benzene rings is 2. The molecule has 0 amide bonds. The van der Waals surface area contributed by atoms with Gasteiger partial charge < -0.3 is 9.84 Å². The van der Waals surface area contributed by atoms with Gasteiger partial charge in [0.2, 0.25) is 5.43 Å². The van der Waals surface area contributed by atoms with Crippen molar-refractivity contribution in [3.05, 3.63) is 92.5 Å². The fourth-order valence-corrected chi connectivity index (χ4v) is 2.26. The smallest absolute Gasteiger partial charge is 0.310 e. The van der Waals surface area contributed by atoms with E-state index in [4.69, 9.17) is 4.74 Å². The minimum Gasteiger partial charge on any atom is -0.457 e. The van der Waals surface area contributed by atoms with Crippen molar-refractivity contribution in [2.75, 3.05) is 0 Å². The average Bonchev–Trinajstić information content (AvgIpc) is 2.57. The molecule has 1 heterocycles. The predicted molar refractivity (Wildman–Crippen MR) is 88.0 cm³/mol. The summed E-state index contributed by atoms with van der Waals surface area (Å²) in [7, 11) is 0. The van der Waals surface area contributed by atoms with Crippen LogP contribution in [-0.2, 0) is 12.8 Å². The lowest BCUT2D eigenvalue weighted by molar-refractivity contribution is 0.482. The summed E-state index contributed by atoms with van der Waals surface area (Å²) in [6, 6.07) is 18.7. The molecule has 2 N–H and O–H groups in total. The van der Waals surface area contributed by atoms with Gasteiger partial charge in [-0.05, 0) is 42.7 Å². The Balaban J connectivity index is 1.69. The number of para-hydroxylation sites is 1. The Bertz CT molecular complexity index is 898. The van der Waals surface area contributed by atoms with E-state index in [1.807, 2.05) is 54.6 Å². The van der Waals surface area contributed by atoms with Crippen molar-refractivity contribution >= 4 is 0 Å². The van der Waals surface area contributed by atoms with Crippen LogP contribution in [0.1, 0.15) is 11.3 Å². The summed E-state index contributed by atoms with van der Waals surface area (Å²) in [5, 5.41) is 5.06. The average molecular weight is 308 g/mol. The van der Waals surface area contributed by atoms with E-state index in [1.54, 1.807) is 0 Å². The third-order valence-electron chi connectivity index (χ3n) is 3.43. The molecule has 2 aromatic carbocycles. The molecule has 1 aromatic heterocycles. The van der Waals surface area contributed by atoms with E-state index < -0.39 is 11.0 Å². The molecule has 23 heavy (non-hydrogen) atoms. The molecule has 0 bridgehead atoms. The number of hydrogen-bond donors (Lipinski definition) is 2. The van der Waals surface area contributed by atoms with E-state index in [9.17, 15) is 9.59 Å². The summed E-state index contributed by atoms with van der Waals surface area (Å²) in [5.41, 5.74) is 0.626. The lowest BCUT2D eigenvalue weighted by Crippen LogP contribution is -2.27. The molecular formula is C18H16N2O3. The molecule has 0 aliphatic heterocycles. The SMILES string of the molecule is O=c1cc(CCc2cccc(Oc3ccccc3)c2)[nH][nH]c1=O. The highest BCUT2D eigenvalue weighted by Crippen LogP contribution is 2.22. The van der Waals surface area contributed by atoms with Crippen LogP contribution in [0.2, 0.25) is 0 Å². The number of aromatic nitrogens is 2. The van der Waals surface area contributed by atoms with E-state index in [0.717, 1.165) is 23.5 Å². The molecule has 0 radical (unpaired) electrons. The maximum atomic E-state index is 11.3. The zero-order valence-corrected chi connectivity index (χ0v) is 12.4. The zero-order chi connectivity index (χ0) is 16.1. The molecule has 0 unspecified atom stereocenters. The largest absolute Gasteiger partial charge is 0.457 e. The molecule has 0 saturated carbocycles. The van der Waals surface area contributed by atoms with Gasteiger partial charge in [0.25, 0.3) is 0 Å². The van der Waals surface area contributed by atoms with E-state index in [1.165, 1.54) is 6.07 Å². The molecule has 5 heteroatoms. The van der Waals surface area contributed by atoms with Crippen LogP contribution in [0.25, 0.3) is 0 Å². The predicted octanol–water partition coefficient (Wildman–Crippen LogP) is 2.64. The summed E-state index contributed by atoms with van der Waals surface area (Å²) in [6.45, 7) is 0. The molecule has 0 aliphatic rings. The van der Waals surface area contributed by atoms with Crippen LogP contribution in [0.3, 0.4) is 0 Å². The second kappa shape index (κ2) is 6.79. The second-order valence-corrected chi connectivity index (χ2v) is 5.18. The Morgan fingerprint density at radius 1 is 0.783 bits per heavy atom. The van der Waals surface area contributed by atoms with E-state index in [2.05, 4.69) is 10.2 Å². The molecular weight excluding hydrogens is 292 g/mol. The summed E-state index contributed by atoms with van der Waals surface area (Å²) >= 11 is 0. The third-order valence-corrected chi connectivity index (χ3v) is 3.43. The van der Waals surface area contributed by atoms with Gasteiger partial charge in [-0.3, -0.25) is 14.7 Å². The van der Waals surface area contributed by atoms with Crippen LogP contribution in [0, 0.1) is 0 Å². The van der Waals surface area contributed by atoms with Crippen molar-refractivity contribution < 1.29 is 4.74 Å². The molecule has 0 fully saturated rings. The van der Waals surface area contributed by atoms with Gasteiger partial charge in [-0.1, -0.05) is 30.3 Å². The summed E-state index contributed by atoms with van der Waals surface area (Å²) in [6.07, 6.45) is 1.36. The number of hydrogen-bond acceptors (Lipinski definition) is 3. The van der Waals surface area contributed by atoms with Crippen molar-refractivity contribution in [3.8, 4) is 11.5 Å². The molecule has 116 valence electrons. The van der Waals surface area contributed by atoms with Crippen molar-refractivity contribution in [2.24, 2.45) is 0 Å². The van der Waals surface area contributed by atoms with Crippen molar-refractivity contribution in [1.29, 1.82) is 0 Å². The van der Waals surface area contributed by atoms with Gasteiger partial charge in [-0.15, -0.1) is 0 Å². The summed E-state index contributed by atoms with van der Waals surface area (Å²) in [5.74, 6) is 1.55. The first-order valence-corrected chi connectivity index (χ1v) is 7.33. The van der Waals surface area contributed by atoms with E-state index >= 15 is 0 Å². The number of aryl methyl sites for hydroxylation is 2. The highest BCUT2D eigenvalue weighted by molar-refractivity contribution is 5.34. The number of ether oxygens (including phenoxy) is 1. The summed E-state index contributed by atoms with van der Waals surface area (Å²) < 4.78 is 5.80. The van der Waals surface area contributed by atoms with Crippen LogP contribution < -0.4 is 15.7 Å². The molecule has 3 rings (SSSR count). The van der Waals surface area contributed by atoms with Gasteiger partial charge >= 0.3 is 5.56 Å². The van der Waals surface area contributed by atoms with Gasteiger partial charge in [-0.25, -0.2) is 0 Å². The zero-order valence-electron chi connectivity index (χ0n) is 12.4. The fourth-order valence-electron chi connectivity index (χ4n) is 2.26. The highest BCUT2D eigenvalue weighted by atomic mass is 16.5. The van der Waals surface area contributed by atoms with Gasteiger partial charge in [0, 0.05) is 11.8 Å². The van der Waals surface area contributed by atoms with Gasteiger partial charge in [0.05, 0.1) is 0 Å². The number of rotatable bonds is 5. The fraction of sp³-hybridized carbons (Fsp3) is 0.111. The second-order valence-electron chi connectivity index (χ2n) is 5.18. The Morgan fingerprint density at radius 2 is 1.57 bits per heavy atom. The molecule has 0 saturated heterocycles. The van der Waals surface area contributed by atoms with Crippen LogP contribution in [0.4, 0.5) is 0 Å². The number of H-pyrrole nitrogens is 2. The first kappa shape index (κ1) is 14.8. The normalized spacial score (nSPS) is 10.4. The highest BCUT2D eigenvalue weighted by Gasteiger charge is 2.02. The Morgan fingerprint density at radius 3 is 2.35 bits per heavy atom. The van der Waals surface area contributed by atoms with Gasteiger partial charge in [-0.2, -0.15) is 0 Å². The maximum Gasteiger partial charge on any atom is 0.310 e. The van der Waals surface area contributed by atoms with E-state index in [0.29, 0.717) is 12.1 Å². The lowest BCUT2D eigenvalue weighted by atomic mass is 10.1. The molecule has 0 aliphatic carbocycles. The molecule has 3 aromatic rings. The van der Waals surface area contributed by atoms with Crippen molar-refractivity contribution in [2.45, 2.75) is 12.8 Å². The van der Waals surface area contributed by atoms with Crippen LogP contribution in [0.5, 0.6) is 11.5 Å². The first-order valence-electron chi connectivity index (χ1n) is 7.33. The van der Waals surface area contributed by atoms with Crippen molar-refractivity contribution in [1.82, 2.24) is 10.2 Å².